The number of amides is 1. The number of aryl methyl sites for hydroxylation is 1. The molecule has 3 rings (SSSR count). The minimum atomic E-state index is -0.434. The third kappa shape index (κ3) is 4.59. The van der Waals surface area contributed by atoms with Gasteiger partial charge in [-0.3, -0.25) is 14.9 Å². The summed E-state index contributed by atoms with van der Waals surface area (Å²) in [5, 5.41) is 20.4. The van der Waals surface area contributed by atoms with Crippen LogP contribution in [-0.4, -0.2) is 41.9 Å². The summed E-state index contributed by atoms with van der Waals surface area (Å²) in [6, 6.07) is 13.9. The maximum Gasteiger partial charge on any atom is 0.294 e. The molecule has 2 aromatic carbocycles. The van der Waals surface area contributed by atoms with Gasteiger partial charge in [-0.25, -0.2) is 0 Å². The van der Waals surface area contributed by atoms with Crippen LogP contribution in [0, 0.1) is 21.4 Å². The summed E-state index contributed by atoms with van der Waals surface area (Å²) in [6.45, 7) is 2.11. The van der Waals surface area contributed by atoms with Crippen molar-refractivity contribution in [3.05, 3.63) is 68.7 Å². The number of hydrogen-bond donors (Lipinski definition) is 0. The van der Waals surface area contributed by atoms with Crippen molar-refractivity contribution in [1.29, 1.82) is 5.26 Å². The minimum absolute atomic E-state index is 0.0203. The third-order valence-electron chi connectivity index (χ3n) is 4.82. The number of nitro groups is 1. The molecule has 1 saturated heterocycles. The second-order valence-electron chi connectivity index (χ2n) is 6.57. The normalized spacial score (nSPS) is 13.9. The smallest absolute Gasteiger partial charge is 0.294 e. The molecule has 1 fully saturated rings. The van der Waals surface area contributed by atoms with Gasteiger partial charge < -0.3 is 9.80 Å². The van der Waals surface area contributed by atoms with Gasteiger partial charge >= 0.3 is 0 Å². The van der Waals surface area contributed by atoms with Gasteiger partial charge in [-0.1, -0.05) is 23.7 Å². The average molecular weight is 399 g/mol. The van der Waals surface area contributed by atoms with Gasteiger partial charge in [0.2, 0.25) is 5.91 Å². The standard InChI is InChI=1S/C20H19ClN4O3/c21-17-6-7-18(19(13-17)25(27)28)23-9-11-24(12-10-23)20(26)8-5-15-1-3-16(14-22)4-2-15/h1-4,6-7,13H,5,8-12H2. The Morgan fingerprint density at radius 3 is 2.43 bits per heavy atom. The van der Waals surface area contributed by atoms with Gasteiger partial charge in [0.05, 0.1) is 16.6 Å². The molecular formula is C20H19ClN4O3. The van der Waals surface area contributed by atoms with Crippen LogP contribution in [0.1, 0.15) is 17.5 Å². The van der Waals surface area contributed by atoms with Gasteiger partial charge in [-0.15, -0.1) is 0 Å². The highest BCUT2D eigenvalue weighted by atomic mass is 35.5. The van der Waals surface area contributed by atoms with Crippen molar-refractivity contribution < 1.29 is 9.72 Å². The zero-order valence-corrected chi connectivity index (χ0v) is 15.9. The van der Waals surface area contributed by atoms with Crippen LogP contribution in [0.15, 0.2) is 42.5 Å². The summed E-state index contributed by atoms with van der Waals surface area (Å²) >= 11 is 5.88. The lowest BCUT2D eigenvalue weighted by Gasteiger charge is -2.36. The monoisotopic (exact) mass is 398 g/mol. The maximum atomic E-state index is 12.5. The fraction of sp³-hybridized carbons (Fsp3) is 0.300. The number of nitrogens with zero attached hydrogens (tertiary/aromatic N) is 4. The van der Waals surface area contributed by atoms with Crippen LogP contribution < -0.4 is 4.90 Å². The van der Waals surface area contributed by atoms with E-state index in [1.165, 1.54) is 6.07 Å². The lowest BCUT2D eigenvalue weighted by atomic mass is 10.1. The Labute approximate surface area is 167 Å². The Morgan fingerprint density at radius 1 is 1.14 bits per heavy atom. The SMILES string of the molecule is N#Cc1ccc(CCC(=O)N2CCN(c3ccc(Cl)cc3[N+](=O)[O-])CC2)cc1. The van der Waals surface area contributed by atoms with E-state index < -0.39 is 4.92 Å². The molecule has 0 spiro atoms. The summed E-state index contributed by atoms with van der Waals surface area (Å²) in [4.78, 5) is 27.0. The number of piperazine rings is 1. The summed E-state index contributed by atoms with van der Waals surface area (Å²) in [5.74, 6) is 0.0645. The first-order valence-corrected chi connectivity index (χ1v) is 9.31. The van der Waals surface area contributed by atoms with E-state index in [2.05, 4.69) is 6.07 Å². The largest absolute Gasteiger partial charge is 0.362 e. The Morgan fingerprint density at radius 2 is 1.82 bits per heavy atom. The molecule has 28 heavy (non-hydrogen) atoms. The number of anilines is 1. The molecule has 0 radical (unpaired) electrons. The molecule has 0 unspecified atom stereocenters. The van der Waals surface area contributed by atoms with Crippen LogP contribution in [-0.2, 0) is 11.2 Å². The Hall–Kier alpha value is -3.11. The van der Waals surface area contributed by atoms with E-state index in [-0.39, 0.29) is 11.6 Å². The Balaban J connectivity index is 1.55. The van der Waals surface area contributed by atoms with E-state index in [9.17, 15) is 14.9 Å². The van der Waals surface area contributed by atoms with Crippen LogP contribution in [0.2, 0.25) is 5.02 Å². The number of carbonyl (C=O) groups excluding carboxylic acids is 1. The molecule has 0 atom stereocenters. The number of halogens is 1. The Kier molecular flexibility index (Phi) is 6.12. The predicted molar refractivity (Wildman–Crippen MR) is 106 cm³/mol. The first-order valence-electron chi connectivity index (χ1n) is 8.93. The molecule has 2 aromatic rings. The average Bonchev–Trinajstić information content (AvgIpc) is 2.72. The van der Waals surface area contributed by atoms with Crippen molar-refractivity contribution in [2.45, 2.75) is 12.8 Å². The first kappa shape index (κ1) is 19.6. The highest BCUT2D eigenvalue weighted by molar-refractivity contribution is 6.30. The molecule has 1 heterocycles. The van der Waals surface area contributed by atoms with Gasteiger partial charge in [0.1, 0.15) is 5.69 Å². The number of nitriles is 1. The van der Waals surface area contributed by atoms with Crippen LogP contribution in [0.4, 0.5) is 11.4 Å². The summed E-state index contributed by atoms with van der Waals surface area (Å²) in [6.07, 6.45) is 1.01. The number of hydrogen-bond acceptors (Lipinski definition) is 5. The molecule has 1 amide bonds. The van der Waals surface area contributed by atoms with Crippen molar-refractivity contribution >= 4 is 28.9 Å². The number of rotatable bonds is 5. The van der Waals surface area contributed by atoms with Crippen molar-refractivity contribution in [2.75, 3.05) is 31.1 Å². The number of carbonyl (C=O) groups is 1. The van der Waals surface area contributed by atoms with E-state index in [0.29, 0.717) is 55.3 Å². The van der Waals surface area contributed by atoms with Crippen molar-refractivity contribution in [3.8, 4) is 6.07 Å². The van der Waals surface area contributed by atoms with Gasteiger partial charge in [0, 0.05) is 43.7 Å². The number of benzene rings is 2. The van der Waals surface area contributed by atoms with Crippen molar-refractivity contribution in [2.24, 2.45) is 0 Å². The van der Waals surface area contributed by atoms with E-state index >= 15 is 0 Å². The second kappa shape index (κ2) is 8.72. The third-order valence-corrected chi connectivity index (χ3v) is 5.05. The second-order valence-corrected chi connectivity index (χ2v) is 7.00. The number of nitro benzene ring substituents is 1. The zero-order chi connectivity index (χ0) is 20.1. The highest BCUT2D eigenvalue weighted by Crippen LogP contribution is 2.31. The zero-order valence-electron chi connectivity index (χ0n) is 15.2. The quantitative estimate of drug-likeness (QED) is 0.568. The summed E-state index contributed by atoms with van der Waals surface area (Å²) < 4.78 is 0. The molecule has 0 aliphatic carbocycles. The molecule has 144 valence electrons. The molecule has 0 aromatic heterocycles. The minimum Gasteiger partial charge on any atom is -0.362 e. The summed E-state index contributed by atoms with van der Waals surface area (Å²) in [7, 11) is 0. The fourth-order valence-corrected chi connectivity index (χ4v) is 3.43. The maximum absolute atomic E-state index is 12.5. The molecule has 1 aliphatic rings. The lowest BCUT2D eigenvalue weighted by Crippen LogP contribution is -2.49. The van der Waals surface area contributed by atoms with Crippen molar-refractivity contribution in [1.82, 2.24) is 4.90 Å². The molecule has 0 bridgehead atoms. The molecular weight excluding hydrogens is 380 g/mol. The molecule has 7 nitrogen and oxygen atoms in total. The van der Waals surface area contributed by atoms with E-state index in [1.54, 1.807) is 29.2 Å². The van der Waals surface area contributed by atoms with Gasteiger partial charge in [0.15, 0.2) is 0 Å². The molecule has 1 aliphatic heterocycles. The molecule has 8 heteroatoms. The molecule has 0 N–H and O–H groups in total. The van der Waals surface area contributed by atoms with E-state index in [1.807, 2.05) is 17.0 Å². The topological polar surface area (TPSA) is 90.5 Å². The van der Waals surface area contributed by atoms with Crippen molar-refractivity contribution in [3.63, 3.8) is 0 Å². The van der Waals surface area contributed by atoms with Crippen LogP contribution in [0.5, 0.6) is 0 Å². The van der Waals surface area contributed by atoms with Crippen LogP contribution in [0.25, 0.3) is 0 Å². The predicted octanol–water partition coefficient (Wildman–Crippen LogP) is 3.40. The lowest BCUT2D eigenvalue weighted by molar-refractivity contribution is -0.384. The van der Waals surface area contributed by atoms with Gasteiger partial charge in [-0.2, -0.15) is 5.26 Å². The Bertz CT molecular complexity index is 916. The fourth-order valence-electron chi connectivity index (χ4n) is 3.26. The van der Waals surface area contributed by atoms with Gasteiger partial charge in [-0.05, 0) is 36.2 Å². The highest BCUT2D eigenvalue weighted by Gasteiger charge is 2.25. The van der Waals surface area contributed by atoms with E-state index in [0.717, 1.165) is 5.56 Å². The van der Waals surface area contributed by atoms with Crippen LogP contribution in [0.3, 0.4) is 0 Å². The first-order chi connectivity index (χ1) is 13.5. The summed E-state index contributed by atoms with van der Waals surface area (Å²) in [5.41, 5.74) is 2.12. The van der Waals surface area contributed by atoms with E-state index in [4.69, 9.17) is 16.9 Å². The molecule has 0 saturated carbocycles. The van der Waals surface area contributed by atoms with Gasteiger partial charge in [0.25, 0.3) is 5.69 Å². The van der Waals surface area contributed by atoms with Crippen LogP contribution >= 0.6 is 11.6 Å².